The van der Waals surface area contributed by atoms with Crippen LogP contribution in [0.5, 0.6) is 0 Å². The van der Waals surface area contributed by atoms with Crippen LogP contribution in [0, 0.1) is 5.92 Å². The lowest BCUT2D eigenvalue weighted by atomic mass is 9.96. The quantitative estimate of drug-likeness (QED) is 0.891. The zero-order chi connectivity index (χ0) is 12.8. The van der Waals surface area contributed by atoms with E-state index in [0.29, 0.717) is 12.8 Å². The Kier molecular flexibility index (Phi) is 2.44. The van der Waals surface area contributed by atoms with Crippen molar-refractivity contribution in [2.24, 2.45) is 5.92 Å². The lowest BCUT2D eigenvalue weighted by Crippen LogP contribution is -2.41. The molecule has 0 spiro atoms. The SMILES string of the molecule is CC(C(=O)O)(C1CC1)n1ccc(C(F)(F)F)n1. The predicted molar refractivity (Wildman–Crippen MR) is 51.2 cm³/mol. The van der Waals surface area contributed by atoms with E-state index in [9.17, 15) is 18.0 Å². The molecule has 0 aliphatic heterocycles. The number of carbonyl (C=O) groups is 1. The van der Waals surface area contributed by atoms with Crippen LogP contribution >= 0.6 is 0 Å². The molecular formula is C10H11F3N2O2. The normalized spacial score (nSPS) is 20.0. The molecule has 7 heteroatoms. The van der Waals surface area contributed by atoms with Gasteiger partial charge < -0.3 is 5.11 Å². The third kappa shape index (κ3) is 1.89. The predicted octanol–water partition coefficient (Wildman–Crippen LogP) is 2.11. The van der Waals surface area contributed by atoms with Gasteiger partial charge in [-0.1, -0.05) is 0 Å². The van der Waals surface area contributed by atoms with E-state index in [1.165, 1.54) is 6.92 Å². The Morgan fingerprint density at radius 2 is 2.12 bits per heavy atom. The first-order valence-corrected chi connectivity index (χ1v) is 5.13. The Labute approximate surface area is 95.0 Å². The molecule has 0 aromatic carbocycles. The van der Waals surface area contributed by atoms with E-state index in [1.807, 2.05) is 0 Å². The summed E-state index contributed by atoms with van der Waals surface area (Å²) < 4.78 is 38.1. The fourth-order valence-corrected chi connectivity index (χ4v) is 1.84. The standard InChI is InChI=1S/C10H11F3N2O2/c1-9(8(16)17,6-2-3-6)15-5-4-7(14-15)10(11,12)13/h4-6H,2-3H2,1H3,(H,16,17). The van der Waals surface area contributed by atoms with Gasteiger partial charge >= 0.3 is 12.1 Å². The van der Waals surface area contributed by atoms with Crippen LogP contribution in [0.25, 0.3) is 0 Å². The molecule has 94 valence electrons. The molecule has 0 radical (unpaired) electrons. The van der Waals surface area contributed by atoms with Crippen LogP contribution in [0.3, 0.4) is 0 Å². The van der Waals surface area contributed by atoms with E-state index in [0.717, 1.165) is 16.9 Å². The largest absolute Gasteiger partial charge is 0.479 e. The van der Waals surface area contributed by atoms with Gasteiger partial charge in [-0.05, 0) is 31.7 Å². The van der Waals surface area contributed by atoms with Crippen molar-refractivity contribution in [3.05, 3.63) is 18.0 Å². The van der Waals surface area contributed by atoms with E-state index in [-0.39, 0.29) is 5.92 Å². The van der Waals surface area contributed by atoms with Crippen LogP contribution in [0.4, 0.5) is 13.2 Å². The van der Waals surface area contributed by atoms with Crippen LogP contribution in [0.1, 0.15) is 25.5 Å². The second-order valence-electron chi connectivity index (χ2n) is 4.37. The number of alkyl halides is 3. The van der Waals surface area contributed by atoms with E-state index in [1.54, 1.807) is 0 Å². The summed E-state index contributed by atoms with van der Waals surface area (Å²) in [6, 6.07) is 0.795. The van der Waals surface area contributed by atoms with Crippen LogP contribution < -0.4 is 0 Å². The van der Waals surface area contributed by atoms with Gasteiger partial charge in [-0.3, -0.25) is 4.68 Å². The number of carboxylic acid groups (broad SMARTS) is 1. The highest BCUT2D eigenvalue weighted by Crippen LogP contribution is 2.44. The zero-order valence-electron chi connectivity index (χ0n) is 9.03. The highest BCUT2D eigenvalue weighted by atomic mass is 19.4. The molecule has 1 N–H and O–H groups in total. The summed E-state index contributed by atoms with van der Waals surface area (Å²) in [4.78, 5) is 11.2. The molecular weight excluding hydrogens is 237 g/mol. The Morgan fingerprint density at radius 1 is 1.53 bits per heavy atom. The molecule has 0 amide bonds. The number of aliphatic carboxylic acids is 1. The molecule has 0 bridgehead atoms. The summed E-state index contributed by atoms with van der Waals surface area (Å²) >= 11 is 0. The maximum atomic E-state index is 12.4. The van der Waals surface area contributed by atoms with E-state index in [2.05, 4.69) is 5.10 Å². The Morgan fingerprint density at radius 3 is 2.47 bits per heavy atom. The zero-order valence-corrected chi connectivity index (χ0v) is 9.03. The average Bonchev–Trinajstić information content (AvgIpc) is 2.92. The summed E-state index contributed by atoms with van der Waals surface area (Å²) in [6.45, 7) is 1.40. The lowest BCUT2D eigenvalue weighted by molar-refractivity contribution is -0.150. The Hall–Kier alpha value is -1.53. The summed E-state index contributed by atoms with van der Waals surface area (Å²) in [5.74, 6) is -1.31. The molecule has 1 aliphatic carbocycles. The van der Waals surface area contributed by atoms with Crippen LogP contribution in [0.2, 0.25) is 0 Å². The number of nitrogens with zero attached hydrogens (tertiary/aromatic N) is 2. The maximum Gasteiger partial charge on any atom is 0.435 e. The number of rotatable bonds is 3. The van der Waals surface area contributed by atoms with Gasteiger partial charge in [-0.15, -0.1) is 0 Å². The maximum absolute atomic E-state index is 12.4. The van der Waals surface area contributed by atoms with Gasteiger partial charge in [0.05, 0.1) is 0 Å². The van der Waals surface area contributed by atoms with Crippen molar-refractivity contribution in [2.75, 3.05) is 0 Å². The number of hydrogen-bond acceptors (Lipinski definition) is 2. The topological polar surface area (TPSA) is 55.1 Å². The number of halogens is 3. The van der Waals surface area contributed by atoms with Gasteiger partial charge in [0.25, 0.3) is 0 Å². The smallest absolute Gasteiger partial charge is 0.435 e. The van der Waals surface area contributed by atoms with E-state index < -0.39 is 23.4 Å². The average molecular weight is 248 g/mol. The van der Waals surface area contributed by atoms with Crippen molar-refractivity contribution in [3.63, 3.8) is 0 Å². The van der Waals surface area contributed by atoms with Gasteiger partial charge in [0.1, 0.15) is 0 Å². The first-order chi connectivity index (χ1) is 7.76. The monoisotopic (exact) mass is 248 g/mol. The number of hydrogen-bond donors (Lipinski definition) is 1. The van der Waals surface area contributed by atoms with Crippen molar-refractivity contribution in [1.29, 1.82) is 0 Å². The van der Waals surface area contributed by atoms with Crippen LogP contribution in [-0.4, -0.2) is 20.9 Å². The molecule has 1 atom stereocenters. The highest BCUT2D eigenvalue weighted by molar-refractivity contribution is 5.77. The van der Waals surface area contributed by atoms with Crippen LogP contribution in [-0.2, 0) is 16.5 Å². The Bertz CT molecular complexity index is 451. The third-order valence-corrected chi connectivity index (χ3v) is 3.16. The molecule has 4 nitrogen and oxygen atoms in total. The summed E-state index contributed by atoms with van der Waals surface area (Å²) in [6.07, 6.45) is -2.07. The third-order valence-electron chi connectivity index (χ3n) is 3.16. The summed E-state index contributed by atoms with van der Waals surface area (Å²) in [7, 11) is 0. The molecule has 1 heterocycles. The van der Waals surface area contributed by atoms with Gasteiger partial charge in [-0.25, -0.2) is 4.79 Å². The minimum atomic E-state index is -4.55. The number of carboxylic acids is 1. The second kappa shape index (κ2) is 3.48. The number of aromatic nitrogens is 2. The molecule has 0 saturated heterocycles. The molecule has 1 aliphatic rings. The highest BCUT2D eigenvalue weighted by Gasteiger charge is 2.50. The van der Waals surface area contributed by atoms with Crippen LogP contribution in [0.15, 0.2) is 12.3 Å². The summed E-state index contributed by atoms with van der Waals surface area (Å²) in [5.41, 5.74) is -2.45. The fourth-order valence-electron chi connectivity index (χ4n) is 1.84. The van der Waals surface area contributed by atoms with Gasteiger partial charge in [-0.2, -0.15) is 18.3 Å². The van der Waals surface area contributed by atoms with E-state index >= 15 is 0 Å². The molecule has 1 aromatic rings. The molecule has 1 unspecified atom stereocenters. The minimum absolute atomic E-state index is 0.152. The Balaban J connectivity index is 2.38. The minimum Gasteiger partial charge on any atom is -0.479 e. The summed E-state index contributed by atoms with van der Waals surface area (Å²) in [5, 5.41) is 12.5. The fraction of sp³-hybridized carbons (Fsp3) is 0.600. The van der Waals surface area contributed by atoms with Crippen molar-refractivity contribution in [1.82, 2.24) is 9.78 Å². The first kappa shape index (κ1) is 11.9. The van der Waals surface area contributed by atoms with E-state index in [4.69, 9.17) is 5.11 Å². The van der Waals surface area contributed by atoms with Gasteiger partial charge in [0.2, 0.25) is 0 Å². The molecule has 1 saturated carbocycles. The molecule has 1 fully saturated rings. The van der Waals surface area contributed by atoms with Crippen molar-refractivity contribution < 1.29 is 23.1 Å². The molecule has 2 rings (SSSR count). The lowest BCUT2D eigenvalue weighted by Gasteiger charge is -2.25. The van der Waals surface area contributed by atoms with Crippen molar-refractivity contribution in [2.45, 2.75) is 31.5 Å². The van der Waals surface area contributed by atoms with Gasteiger partial charge in [0.15, 0.2) is 11.2 Å². The van der Waals surface area contributed by atoms with Gasteiger partial charge in [0, 0.05) is 6.20 Å². The molecule has 1 aromatic heterocycles. The second-order valence-corrected chi connectivity index (χ2v) is 4.37. The van der Waals surface area contributed by atoms with Crippen molar-refractivity contribution in [3.8, 4) is 0 Å². The first-order valence-electron chi connectivity index (χ1n) is 5.13. The molecule has 17 heavy (non-hydrogen) atoms. The van der Waals surface area contributed by atoms with Crippen molar-refractivity contribution >= 4 is 5.97 Å².